The third kappa shape index (κ3) is 9.50. The summed E-state index contributed by atoms with van der Waals surface area (Å²) in [5.41, 5.74) is 3.92. The quantitative estimate of drug-likeness (QED) is 0.172. The van der Waals surface area contributed by atoms with Gasteiger partial charge in [-0.1, -0.05) is 42.5 Å². The van der Waals surface area contributed by atoms with Gasteiger partial charge in [-0.25, -0.2) is 0 Å². The van der Waals surface area contributed by atoms with Gasteiger partial charge in [0.05, 0.1) is 0 Å². The van der Waals surface area contributed by atoms with Crippen LogP contribution in [0.15, 0.2) is 88.7 Å². The number of hydrogen-bond acceptors (Lipinski definition) is 0. The molecule has 0 aliphatic heterocycles. The third-order valence-corrected chi connectivity index (χ3v) is 4.45. The molecular weight excluding hydrogens is 405 g/mol. The fourth-order valence-electron chi connectivity index (χ4n) is 2.26. The molecule has 0 atom stereocenters. The van der Waals surface area contributed by atoms with Crippen LogP contribution in [-0.4, -0.2) is 0 Å². The molecule has 0 nitrogen and oxygen atoms in total. The van der Waals surface area contributed by atoms with Crippen LogP contribution in [0.1, 0.15) is 5.56 Å². The zero-order valence-corrected chi connectivity index (χ0v) is 16.0. The first-order chi connectivity index (χ1) is 12.3. The predicted octanol–water partition coefficient (Wildman–Crippen LogP) is 8.28. The zero-order valence-electron chi connectivity index (χ0n) is 14.2. The summed E-state index contributed by atoms with van der Waals surface area (Å²) in [5.74, 6) is 0. The zero-order chi connectivity index (χ0) is 20.2. The van der Waals surface area contributed by atoms with Gasteiger partial charge in [0.2, 0.25) is 0 Å². The van der Waals surface area contributed by atoms with Gasteiger partial charge in [-0.05, 0) is 60.0 Å². The van der Waals surface area contributed by atoms with Crippen LogP contribution in [0.4, 0.5) is 25.2 Å². The van der Waals surface area contributed by atoms with E-state index < -0.39 is 7.81 Å². The van der Waals surface area contributed by atoms with Crippen molar-refractivity contribution in [3.63, 3.8) is 0 Å². The van der Waals surface area contributed by atoms with Crippen LogP contribution >= 0.6 is 7.81 Å². The maximum atomic E-state index is 9.87. The predicted molar refractivity (Wildman–Crippen MR) is 102 cm³/mol. The Hall–Kier alpha value is -1.98. The van der Waals surface area contributed by atoms with E-state index in [0.29, 0.717) is 0 Å². The van der Waals surface area contributed by atoms with E-state index in [4.69, 9.17) is 0 Å². The van der Waals surface area contributed by atoms with Crippen molar-refractivity contribution < 1.29 is 25.2 Å². The van der Waals surface area contributed by atoms with Crippen LogP contribution in [0.25, 0.3) is 11.1 Å². The van der Waals surface area contributed by atoms with Gasteiger partial charge in [-0.15, -0.1) is 0 Å². The van der Waals surface area contributed by atoms with Gasteiger partial charge in [-0.2, -0.15) is 0 Å². The van der Waals surface area contributed by atoms with Crippen LogP contribution in [0, 0.1) is 6.92 Å². The second-order valence-corrected chi connectivity index (χ2v) is 8.94. The molecule has 27 heavy (non-hydrogen) atoms. The Morgan fingerprint density at radius 3 is 1.56 bits per heavy atom. The number of aryl methyl sites for hydroxylation is 1. The van der Waals surface area contributed by atoms with Crippen molar-refractivity contribution in [3.05, 3.63) is 84.4 Å². The molecule has 0 unspecified atom stereocenters. The number of rotatable bonds is 3. The molecule has 3 aromatic carbocycles. The van der Waals surface area contributed by atoms with Crippen LogP contribution < -0.4 is 0 Å². The summed E-state index contributed by atoms with van der Waals surface area (Å²) in [6.07, 6.45) is 0. The Morgan fingerprint density at radius 1 is 0.593 bits per heavy atom. The van der Waals surface area contributed by atoms with Crippen molar-refractivity contribution in [2.24, 2.45) is 0 Å². The van der Waals surface area contributed by atoms with Gasteiger partial charge >= 0.3 is 33.0 Å². The molecule has 146 valence electrons. The van der Waals surface area contributed by atoms with E-state index in [9.17, 15) is 25.2 Å². The minimum atomic E-state index is -10.7. The molecule has 0 fully saturated rings. The van der Waals surface area contributed by atoms with Crippen molar-refractivity contribution in [1.82, 2.24) is 0 Å². The molecule has 8 heteroatoms. The first-order valence-corrected chi connectivity index (χ1v) is 10.7. The number of thiol groups is 1. The van der Waals surface area contributed by atoms with Crippen LogP contribution in [-0.2, 0) is 11.8 Å². The van der Waals surface area contributed by atoms with E-state index in [1.165, 1.54) is 38.2 Å². The molecule has 0 saturated carbocycles. The van der Waals surface area contributed by atoms with E-state index in [0.717, 1.165) is 0 Å². The van der Waals surface area contributed by atoms with Gasteiger partial charge in [0, 0.05) is 11.8 Å². The van der Waals surface area contributed by atoms with E-state index in [-0.39, 0.29) is 0 Å². The minimum absolute atomic E-state index is 1.26. The topological polar surface area (TPSA) is 0 Å². The van der Waals surface area contributed by atoms with Gasteiger partial charge in [0.1, 0.15) is 0 Å². The summed E-state index contributed by atoms with van der Waals surface area (Å²) in [7, 11) is -10.7. The molecule has 0 amide bonds. The molecule has 3 aromatic rings. The fraction of sp³-hybridized carbons (Fsp3) is 0.0526. The summed E-state index contributed by atoms with van der Waals surface area (Å²) in [5, 5.41) is 0. The number of halogens is 6. The van der Waals surface area contributed by atoms with E-state index >= 15 is 0 Å². The SMILES string of the molecule is Cc1ccccc1-c1ccc([SH+]c2ccccc2)cc1.F[P-](F)(F)(F)(F)F. The first kappa shape index (κ1) is 21.3. The summed E-state index contributed by atoms with van der Waals surface area (Å²) in [6, 6.07) is 27.9. The Kier molecular flexibility index (Phi) is 5.69. The van der Waals surface area contributed by atoms with E-state index in [2.05, 4.69) is 85.8 Å². The molecule has 0 aliphatic carbocycles. The van der Waals surface area contributed by atoms with E-state index in [1.54, 1.807) is 0 Å². The van der Waals surface area contributed by atoms with Gasteiger partial charge < -0.3 is 0 Å². The van der Waals surface area contributed by atoms with Crippen molar-refractivity contribution in [2.75, 3.05) is 0 Å². The molecule has 0 saturated heterocycles. The van der Waals surface area contributed by atoms with Crippen molar-refractivity contribution in [2.45, 2.75) is 16.7 Å². The third-order valence-electron chi connectivity index (χ3n) is 3.34. The first-order valence-electron chi connectivity index (χ1n) is 7.77. The molecule has 0 heterocycles. The molecule has 0 aromatic heterocycles. The standard InChI is InChI=1S/C19H16S.F6P/c1-15-7-5-6-10-19(15)16-11-13-18(14-12-16)20-17-8-3-2-4-9-17;1-7(2,3,4,5)6/h2-14H,1H3;/q;-1/p+1. The summed E-state index contributed by atoms with van der Waals surface area (Å²) in [6.45, 7) is 2.16. The second-order valence-electron chi connectivity index (χ2n) is 5.77. The average Bonchev–Trinajstić information content (AvgIpc) is 2.54. The van der Waals surface area contributed by atoms with Crippen molar-refractivity contribution >= 4 is 19.6 Å². The Morgan fingerprint density at radius 2 is 1.04 bits per heavy atom. The monoisotopic (exact) mass is 422 g/mol. The normalized spacial score (nSPS) is 13.7. The average molecular weight is 422 g/mol. The van der Waals surface area contributed by atoms with Crippen LogP contribution in [0.5, 0.6) is 0 Å². The Labute approximate surface area is 157 Å². The molecule has 0 N–H and O–H groups in total. The van der Waals surface area contributed by atoms with Crippen LogP contribution in [0.2, 0.25) is 0 Å². The number of benzene rings is 3. The van der Waals surface area contributed by atoms with Gasteiger partial charge in [-0.3, -0.25) is 0 Å². The van der Waals surface area contributed by atoms with Gasteiger partial charge in [0.25, 0.3) is 0 Å². The molecular formula is C19H17F6PS. The fourth-order valence-corrected chi connectivity index (χ4v) is 3.18. The molecule has 0 bridgehead atoms. The van der Waals surface area contributed by atoms with Crippen LogP contribution in [0.3, 0.4) is 0 Å². The Bertz CT molecular complexity index is 880. The molecule has 3 rings (SSSR count). The van der Waals surface area contributed by atoms with Crippen molar-refractivity contribution in [1.29, 1.82) is 0 Å². The summed E-state index contributed by atoms with van der Waals surface area (Å²) >= 11 is 1.26. The Balaban J connectivity index is 0.000000321. The maximum absolute atomic E-state index is 10.7. The second kappa shape index (κ2) is 7.21. The molecule has 0 aliphatic rings. The number of hydrogen-bond donors (Lipinski definition) is 0. The summed E-state index contributed by atoms with van der Waals surface area (Å²) in [4.78, 5) is 2.66. The molecule has 0 spiro atoms. The summed E-state index contributed by atoms with van der Waals surface area (Å²) < 4.78 is 59.2. The molecule has 0 radical (unpaired) electrons. The van der Waals surface area contributed by atoms with Gasteiger partial charge in [0.15, 0.2) is 9.79 Å². The van der Waals surface area contributed by atoms with E-state index in [1.807, 2.05) is 0 Å². The van der Waals surface area contributed by atoms with Crippen molar-refractivity contribution in [3.8, 4) is 11.1 Å².